The SMILES string of the molecule is C[C@H](N(Cc1ccc(F)cc1)C(=O)CN1C(=O)O[C@@]2(CCc3cc(NC(=O)CCCCCCCCCCNC(=O)CC4CCCCC4)ccc32)C1=O)C(F)(F)F. The van der Waals surface area contributed by atoms with Crippen LogP contribution in [-0.2, 0) is 42.5 Å². The number of nitrogens with zero attached hydrogens (tertiary/aromatic N) is 2. The molecule has 1 aliphatic heterocycles. The Morgan fingerprint density at radius 1 is 0.911 bits per heavy atom. The number of hydrogen-bond donors (Lipinski definition) is 2. The van der Waals surface area contributed by atoms with Crippen LogP contribution in [0.3, 0.4) is 0 Å². The zero-order chi connectivity index (χ0) is 40.3. The van der Waals surface area contributed by atoms with Crippen molar-refractivity contribution >= 4 is 35.4 Å². The second kappa shape index (κ2) is 19.6. The van der Waals surface area contributed by atoms with Gasteiger partial charge in [-0.15, -0.1) is 0 Å². The van der Waals surface area contributed by atoms with Gasteiger partial charge in [-0.25, -0.2) is 14.1 Å². The molecule has 0 aromatic heterocycles. The van der Waals surface area contributed by atoms with Gasteiger partial charge in [-0.3, -0.25) is 19.2 Å². The molecule has 2 aromatic rings. The van der Waals surface area contributed by atoms with Crippen molar-refractivity contribution in [2.24, 2.45) is 5.92 Å². The van der Waals surface area contributed by atoms with Crippen molar-refractivity contribution < 1.29 is 46.3 Å². The van der Waals surface area contributed by atoms with Gasteiger partial charge in [-0.1, -0.05) is 76.0 Å². The van der Waals surface area contributed by atoms with Gasteiger partial charge in [0.15, 0.2) is 0 Å². The van der Waals surface area contributed by atoms with Crippen LogP contribution in [0, 0.1) is 11.7 Å². The third kappa shape index (κ3) is 11.3. The molecule has 0 bridgehead atoms. The average Bonchev–Trinajstić information content (AvgIpc) is 3.64. The minimum absolute atomic E-state index is 0.0736. The Morgan fingerprint density at radius 3 is 2.25 bits per heavy atom. The van der Waals surface area contributed by atoms with Crippen molar-refractivity contribution in [3.63, 3.8) is 0 Å². The van der Waals surface area contributed by atoms with Crippen LogP contribution in [0.1, 0.15) is 126 Å². The summed E-state index contributed by atoms with van der Waals surface area (Å²) in [4.78, 5) is 65.8. The number of fused-ring (bicyclic) bond motifs is 2. The summed E-state index contributed by atoms with van der Waals surface area (Å²) >= 11 is 0. The number of imide groups is 1. The molecule has 1 heterocycles. The van der Waals surface area contributed by atoms with Crippen LogP contribution in [-0.4, -0.2) is 64.8 Å². The maximum Gasteiger partial charge on any atom is 0.418 e. The number of carbonyl (C=O) groups is 5. The molecular weight excluding hydrogens is 732 g/mol. The van der Waals surface area contributed by atoms with E-state index in [1.165, 1.54) is 44.2 Å². The van der Waals surface area contributed by atoms with Crippen LogP contribution in [0.5, 0.6) is 0 Å². The molecule has 306 valence electrons. The first-order valence-electron chi connectivity index (χ1n) is 20.1. The Morgan fingerprint density at radius 2 is 1.57 bits per heavy atom. The summed E-state index contributed by atoms with van der Waals surface area (Å²) in [5.74, 6) is -1.96. The average molecular weight is 787 g/mol. The second-order valence-corrected chi connectivity index (χ2v) is 15.5. The van der Waals surface area contributed by atoms with Gasteiger partial charge in [-0.05, 0) is 80.3 Å². The van der Waals surface area contributed by atoms with Crippen LogP contribution < -0.4 is 10.6 Å². The molecule has 5 amide bonds. The molecular formula is C42H54F4N4O6. The number of aryl methyl sites for hydroxylation is 1. The summed E-state index contributed by atoms with van der Waals surface area (Å²) in [5.41, 5.74) is 0.0999. The first-order valence-corrected chi connectivity index (χ1v) is 20.1. The number of carbonyl (C=O) groups excluding carboxylic acids is 5. The first-order chi connectivity index (χ1) is 26.8. The number of benzene rings is 2. The molecule has 56 heavy (non-hydrogen) atoms. The molecule has 0 radical (unpaired) electrons. The largest absolute Gasteiger partial charge is 0.427 e. The number of alkyl halides is 3. The third-order valence-electron chi connectivity index (χ3n) is 11.3. The molecule has 2 atom stereocenters. The lowest BCUT2D eigenvalue weighted by Gasteiger charge is -2.31. The minimum atomic E-state index is -4.81. The molecule has 1 saturated heterocycles. The molecule has 2 fully saturated rings. The molecule has 2 aromatic carbocycles. The standard InChI is InChI=1S/C42H54F4N4O6/c1-29(42(44,45)46)49(27-31-16-18-33(43)19-17-31)38(53)28-50-39(54)41(56-40(50)55)23-22-32-26-34(20-21-35(32)41)48-36(51)15-11-6-4-2-3-5-7-12-24-47-37(52)25-30-13-9-8-10-14-30/h16-21,26,29-30H,2-15,22-25,27-28H2,1H3,(H,47,52)(H,48,51)/t29-,41+/m0/s1. The maximum absolute atomic E-state index is 13.8. The zero-order valence-electron chi connectivity index (χ0n) is 32.2. The Balaban J connectivity index is 1.02. The quantitative estimate of drug-likeness (QED) is 0.109. The number of halogens is 4. The van der Waals surface area contributed by atoms with Crippen molar-refractivity contribution in [1.29, 1.82) is 0 Å². The van der Waals surface area contributed by atoms with E-state index in [9.17, 15) is 41.5 Å². The lowest BCUT2D eigenvalue weighted by atomic mass is 9.87. The number of rotatable bonds is 19. The molecule has 3 aliphatic rings. The van der Waals surface area contributed by atoms with Gasteiger partial charge in [0.05, 0.1) is 0 Å². The van der Waals surface area contributed by atoms with Crippen molar-refractivity contribution in [1.82, 2.24) is 15.1 Å². The van der Waals surface area contributed by atoms with Crippen molar-refractivity contribution in [2.75, 3.05) is 18.4 Å². The molecule has 1 spiro atoms. The number of unbranched alkanes of at least 4 members (excludes halogenated alkanes) is 7. The fraction of sp³-hybridized carbons (Fsp3) is 0.595. The monoisotopic (exact) mass is 786 g/mol. The molecule has 14 heteroatoms. The van der Waals surface area contributed by atoms with Crippen LogP contribution >= 0.6 is 0 Å². The Labute approximate surface area is 326 Å². The fourth-order valence-electron chi connectivity index (χ4n) is 8.01. The highest BCUT2D eigenvalue weighted by molar-refractivity contribution is 6.06. The summed E-state index contributed by atoms with van der Waals surface area (Å²) in [6.45, 7) is 0.0504. The van der Waals surface area contributed by atoms with E-state index in [0.717, 1.165) is 77.0 Å². The van der Waals surface area contributed by atoms with Gasteiger partial charge in [0, 0.05) is 43.6 Å². The van der Waals surface area contributed by atoms with E-state index in [1.54, 1.807) is 18.2 Å². The van der Waals surface area contributed by atoms with Crippen molar-refractivity contribution in [2.45, 2.75) is 140 Å². The molecule has 5 rings (SSSR count). The highest BCUT2D eigenvalue weighted by atomic mass is 19.4. The van der Waals surface area contributed by atoms with Crippen LogP contribution in [0.15, 0.2) is 42.5 Å². The van der Waals surface area contributed by atoms with Gasteiger partial charge in [0.25, 0.3) is 5.91 Å². The van der Waals surface area contributed by atoms with Gasteiger partial charge >= 0.3 is 12.3 Å². The first kappa shape index (κ1) is 42.6. The summed E-state index contributed by atoms with van der Waals surface area (Å²) in [5, 5.41) is 5.96. The Hall–Kier alpha value is -4.49. The fourth-order valence-corrected chi connectivity index (χ4v) is 8.01. The predicted octanol–water partition coefficient (Wildman–Crippen LogP) is 8.46. The zero-order valence-corrected chi connectivity index (χ0v) is 32.2. The van der Waals surface area contributed by atoms with Crippen molar-refractivity contribution in [3.8, 4) is 0 Å². The number of anilines is 1. The lowest BCUT2D eigenvalue weighted by molar-refractivity contribution is -0.187. The smallest absolute Gasteiger partial charge is 0.418 e. The molecule has 2 N–H and O–H groups in total. The number of nitrogens with one attached hydrogen (secondary N) is 2. The highest BCUT2D eigenvalue weighted by Gasteiger charge is 2.58. The van der Waals surface area contributed by atoms with Gasteiger partial charge in [0.2, 0.25) is 23.3 Å². The van der Waals surface area contributed by atoms with Crippen LogP contribution in [0.2, 0.25) is 0 Å². The molecule has 2 aliphatic carbocycles. The number of hydrogen-bond acceptors (Lipinski definition) is 6. The normalized spacial score (nSPS) is 18.8. The predicted molar refractivity (Wildman–Crippen MR) is 201 cm³/mol. The van der Waals surface area contributed by atoms with Crippen molar-refractivity contribution in [3.05, 3.63) is 65.0 Å². The maximum atomic E-state index is 13.8. The molecule has 10 nitrogen and oxygen atoms in total. The van der Waals surface area contributed by atoms with Gasteiger partial charge < -0.3 is 20.3 Å². The van der Waals surface area contributed by atoms with E-state index >= 15 is 0 Å². The van der Waals surface area contributed by atoms with Gasteiger partial charge in [0.1, 0.15) is 18.4 Å². The van der Waals surface area contributed by atoms with E-state index in [-0.39, 0.29) is 23.8 Å². The van der Waals surface area contributed by atoms with E-state index in [0.29, 0.717) is 51.8 Å². The summed E-state index contributed by atoms with van der Waals surface area (Å²) in [7, 11) is 0. The Kier molecular flexibility index (Phi) is 14.9. The van der Waals surface area contributed by atoms with Crippen LogP contribution in [0.4, 0.5) is 28.0 Å². The summed E-state index contributed by atoms with van der Waals surface area (Å²) in [6, 6.07) is 7.29. The lowest BCUT2D eigenvalue weighted by Crippen LogP contribution is -2.51. The molecule has 1 saturated carbocycles. The third-order valence-corrected chi connectivity index (χ3v) is 11.3. The summed E-state index contributed by atoms with van der Waals surface area (Å²) < 4.78 is 60.3. The second-order valence-electron chi connectivity index (χ2n) is 15.5. The van der Waals surface area contributed by atoms with E-state index in [1.807, 2.05) is 0 Å². The number of ether oxygens (including phenoxy) is 1. The van der Waals surface area contributed by atoms with E-state index in [2.05, 4.69) is 10.6 Å². The van der Waals surface area contributed by atoms with Gasteiger partial charge in [-0.2, -0.15) is 13.2 Å². The molecule has 0 unspecified atom stereocenters. The van der Waals surface area contributed by atoms with Crippen LogP contribution in [0.25, 0.3) is 0 Å². The Bertz CT molecular complexity index is 1700. The summed E-state index contributed by atoms with van der Waals surface area (Å²) in [6.07, 6.45) is 9.78. The van der Waals surface area contributed by atoms with E-state index < -0.39 is 54.6 Å². The minimum Gasteiger partial charge on any atom is -0.427 e. The number of amides is 5. The topological polar surface area (TPSA) is 125 Å². The van der Waals surface area contributed by atoms with E-state index in [4.69, 9.17) is 4.74 Å². The highest BCUT2D eigenvalue weighted by Crippen LogP contribution is 2.46.